The van der Waals surface area contributed by atoms with Gasteiger partial charge in [-0.25, -0.2) is 9.97 Å². The predicted octanol–water partition coefficient (Wildman–Crippen LogP) is 2.08. The number of nitrogens with one attached hydrogen (secondary N) is 1. The number of rotatable bonds is 8. The number of aromatic nitrogens is 5. The highest BCUT2D eigenvalue weighted by molar-refractivity contribution is 5.94. The zero-order chi connectivity index (χ0) is 27.3. The number of carbonyl (C=O) groups excluding carboxylic acids is 2. The summed E-state index contributed by atoms with van der Waals surface area (Å²) >= 11 is 0. The highest BCUT2D eigenvalue weighted by Crippen LogP contribution is 2.34. The van der Waals surface area contributed by atoms with Gasteiger partial charge in [0, 0.05) is 70.0 Å². The summed E-state index contributed by atoms with van der Waals surface area (Å²) in [4.78, 5) is 47.5. The van der Waals surface area contributed by atoms with E-state index in [0.717, 1.165) is 0 Å². The first kappa shape index (κ1) is 25.3. The van der Waals surface area contributed by atoms with Gasteiger partial charge in [-0.15, -0.1) is 0 Å². The van der Waals surface area contributed by atoms with Crippen molar-refractivity contribution in [3.8, 4) is 17.4 Å². The number of amides is 2. The fourth-order valence-electron chi connectivity index (χ4n) is 4.86. The zero-order valence-corrected chi connectivity index (χ0v) is 21.7. The lowest BCUT2D eigenvalue weighted by Gasteiger charge is -2.41. The first-order chi connectivity index (χ1) is 19.6. The minimum absolute atomic E-state index is 0.134. The maximum absolute atomic E-state index is 13.4. The molecule has 0 saturated carbocycles. The number of anilines is 1. The molecule has 2 aliphatic rings. The molecule has 1 fully saturated rings. The number of carbonyl (C=O) groups is 2. The fraction of sp³-hybridized carbons (Fsp3) is 0.286. The summed E-state index contributed by atoms with van der Waals surface area (Å²) in [7, 11) is 0. The van der Waals surface area contributed by atoms with Crippen molar-refractivity contribution in [2.45, 2.75) is 25.2 Å². The van der Waals surface area contributed by atoms with Crippen molar-refractivity contribution in [2.24, 2.45) is 0 Å². The largest absolute Gasteiger partial charge is 0.451 e. The van der Waals surface area contributed by atoms with Crippen LogP contribution in [0.5, 0.6) is 11.5 Å². The molecular weight excluding hydrogens is 512 g/mol. The molecule has 2 amide bonds. The Morgan fingerprint density at radius 3 is 2.58 bits per heavy atom. The van der Waals surface area contributed by atoms with Gasteiger partial charge < -0.3 is 24.6 Å². The molecule has 1 atom stereocenters. The van der Waals surface area contributed by atoms with Crippen molar-refractivity contribution in [1.29, 1.82) is 0 Å². The molecule has 4 aromatic rings. The molecule has 0 bridgehead atoms. The molecular formula is C28H28N8O4. The molecule has 204 valence electrons. The lowest BCUT2D eigenvalue weighted by Crippen LogP contribution is -2.56. The van der Waals surface area contributed by atoms with Gasteiger partial charge in [-0.2, -0.15) is 4.98 Å². The van der Waals surface area contributed by atoms with Gasteiger partial charge in [-0.3, -0.25) is 19.1 Å². The van der Waals surface area contributed by atoms with E-state index < -0.39 is 6.29 Å². The summed E-state index contributed by atoms with van der Waals surface area (Å²) < 4.78 is 13.3. The van der Waals surface area contributed by atoms with Crippen molar-refractivity contribution in [2.75, 3.05) is 31.1 Å². The van der Waals surface area contributed by atoms with E-state index in [1.807, 2.05) is 30.3 Å². The zero-order valence-electron chi connectivity index (χ0n) is 21.7. The Morgan fingerprint density at radius 2 is 1.82 bits per heavy atom. The van der Waals surface area contributed by atoms with Crippen molar-refractivity contribution >= 4 is 17.6 Å². The van der Waals surface area contributed by atoms with Crippen LogP contribution in [-0.4, -0.2) is 79.7 Å². The molecule has 40 heavy (non-hydrogen) atoms. The number of piperazine rings is 1. The van der Waals surface area contributed by atoms with Crippen LogP contribution in [0.1, 0.15) is 23.2 Å². The summed E-state index contributed by atoms with van der Waals surface area (Å²) in [5, 5.41) is 2.96. The maximum Gasteiger partial charge on any atom is 0.255 e. The predicted molar refractivity (Wildman–Crippen MR) is 144 cm³/mol. The molecule has 5 heterocycles. The van der Waals surface area contributed by atoms with Gasteiger partial charge >= 0.3 is 0 Å². The molecule has 0 radical (unpaired) electrons. The number of hydrogen-bond donors (Lipinski definition) is 1. The Balaban J connectivity index is 1.12. The summed E-state index contributed by atoms with van der Waals surface area (Å²) in [5.41, 5.74) is 0.487. The molecule has 0 spiro atoms. The van der Waals surface area contributed by atoms with E-state index in [1.165, 1.54) is 0 Å². The van der Waals surface area contributed by atoms with Crippen molar-refractivity contribution in [3.05, 3.63) is 85.3 Å². The maximum atomic E-state index is 13.4. The second-order valence-corrected chi connectivity index (χ2v) is 9.48. The number of fused-ring (bicyclic) bond motifs is 1. The van der Waals surface area contributed by atoms with Crippen molar-refractivity contribution in [1.82, 2.24) is 34.7 Å². The molecule has 12 nitrogen and oxygen atoms in total. The summed E-state index contributed by atoms with van der Waals surface area (Å²) in [6.45, 7) is 1.80. The van der Waals surface area contributed by atoms with Crippen LogP contribution in [0.3, 0.4) is 0 Å². The molecule has 0 aliphatic carbocycles. The first-order valence-corrected chi connectivity index (χ1v) is 13.1. The second kappa shape index (κ2) is 11.4. The quantitative estimate of drug-likeness (QED) is 0.357. The van der Waals surface area contributed by atoms with Crippen molar-refractivity contribution < 1.29 is 19.1 Å². The summed E-state index contributed by atoms with van der Waals surface area (Å²) in [6, 6.07) is 12.4. The average molecular weight is 541 g/mol. The number of ether oxygens (including phenoxy) is 2. The first-order valence-electron chi connectivity index (χ1n) is 13.1. The smallest absolute Gasteiger partial charge is 0.255 e. The molecule has 1 N–H and O–H groups in total. The van der Waals surface area contributed by atoms with E-state index in [2.05, 4.69) is 30.2 Å². The molecule has 1 aromatic carbocycles. The van der Waals surface area contributed by atoms with Gasteiger partial charge in [0.1, 0.15) is 12.1 Å². The van der Waals surface area contributed by atoms with Crippen LogP contribution in [0.15, 0.2) is 79.8 Å². The Bertz CT molecular complexity index is 1440. The SMILES string of the molecule is O=C(CC1CN(c2ccnc(-n3ccnc3)n2)CCN1C(=O)c1cccnc1)NCCC1Oc2ccccc2O1. The highest BCUT2D eigenvalue weighted by atomic mass is 16.7. The molecule has 1 saturated heterocycles. The summed E-state index contributed by atoms with van der Waals surface area (Å²) in [6.07, 6.45) is 10.1. The number of hydrogen-bond acceptors (Lipinski definition) is 9. The highest BCUT2D eigenvalue weighted by Gasteiger charge is 2.33. The average Bonchev–Trinajstić information content (AvgIpc) is 3.68. The van der Waals surface area contributed by atoms with E-state index in [4.69, 9.17) is 9.47 Å². The van der Waals surface area contributed by atoms with E-state index in [1.54, 1.807) is 58.9 Å². The number of nitrogens with zero attached hydrogens (tertiary/aromatic N) is 7. The van der Waals surface area contributed by atoms with Crippen LogP contribution in [0.4, 0.5) is 5.82 Å². The minimum atomic E-state index is -0.450. The monoisotopic (exact) mass is 540 g/mol. The normalized spacial score (nSPS) is 16.6. The van der Waals surface area contributed by atoms with Crippen LogP contribution >= 0.6 is 0 Å². The molecule has 1 unspecified atom stereocenters. The van der Waals surface area contributed by atoms with Gasteiger partial charge in [0.15, 0.2) is 11.5 Å². The standard InChI is InChI=1S/C28H28N8O4/c37-25(31-11-8-26-39-22-5-1-2-6-23(22)40-26)16-21-18-34(14-15-36(21)27(38)20-4-3-9-29-17-20)24-7-10-32-28(33-24)35-13-12-30-19-35/h1-7,9-10,12-13,17,19,21,26H,8,11,14-16,18H2,(H,31,37). The third-order valence-corrected chi connectivity index (χ3v) is 6.83. The minimum Gasteiger partial charge on any atom is -0.451 e. The lowest BCUT2D eigenvalue weighted by atomic mass is 10.1. The Labute approximate surface area is 230 Å². The van der Waals surface area contributed by atoms with Gasteiger partial charge in [-0.1, -0.05) is 12.1 Å². The van der Waals surface area contributed by atoms with Crippen LogP contribution in [0, 0.1) is 0 Å². The Morgan fingerprint density at radius 1 is 0.975 bits per heavy atom. The number of imidazole rings is 1. The summed E-state index contributed by atoms with van der Waals surface area (Å²) in [5.74, 6) is 2.30. The molecule has 3 aromatic heterocycles. The fourth-order valence-corrected chi connectivity index (χ4v) is 4.86. The van der Waals surface area contributed by atoms with Gasteiger partial charge in [-0.05, 0) is 30.3 Å². The van der Waals surface area contributed by atoms with Crippen LogP contribution < -0.4 is 19.7 Å². The van der Waals surface area contributed by atoms with E-state index >= 15 is 0 Å². The van der Waals surface area contributed by atoms with E-state index in [9.17, 15) is 9.59 Å². The number of pyridine rings is 1. The topological polar surface area (TPSA) is 128 Å². The number of para-hydroxylation sites is 2. The third-order valence-electron chi connectivity index (χ3n) is 6.83. The molecule has 6 rings (SSSR count). The van der Waals surface area contributed by atoms with Crippen LogP contribution in [0.25, 0.3) is 5.95 Å². The molecule has 12 heteroatoms. The van der Waals surface area contributed by atoms with E-state index in [0.29, 0.717) is 61.4 Å². The van der Waals surface area contributed by atoms with Gasteiger partial charge in [0.25, 0.3) is 5.91 Å². The van der Waals surface area contributed by atoms with Gasteiger partial charge in [0.05, 0.1) is 11.6 Å². The third kappa shape index (κ3) is 5.55. The van der Waals surface area contributed by atoms with Crippen molar-refractivity contribution in [3.63, 3.8) is 0 Å². The lowest BCUT2D eigenvalue weighted by molar-refractivity contribution is -0.122. The Hall–Kier alpha value is -5.00. The molecule has 2 aliphatic heterocycles. The van der Waals surface area contributed by atoms with E-state index in [-0.39, 0.29) is 24.3 Å². The number of benzene rings is 1. The van der Waals surface area contributed by atoms with Crippen LogP contribution in [-0.2, 0) is 4.79 Å². The Kier molecular flexibility index (Phi) is 7.20. The van der Waals surface area contributed by atoms with Gasteiger partial charge in [0.2, 0.25) is 18.1 Å². The van der Waals surface area contributed by atoms with Crippen LogP contribution in [0.2, 0.25) is 0 Å². The second-order valence-electron chi connectivity index (χ2n) is 9.48.